The largest absolute Gasteiger partial charge is 0.494 e. The van der Waals surface area contributed by atoms with Crippen LogP contribution >= 0.6 is 0 Å². The Bertz CT molecular complexity index is 644. The lowest BCUT2D eigenvalue weighted by atomic mass is 10.1. The summed E-state index contributed by atoms with van der Waals surface area (Å²) in [5, 5.41) is 0. The van der Waals surface area contributed by atoms with Crippen molar-refractivity contribution in [2.45, 2.75) is 25.9 Å². The molecule has 0 spiro atoms. The van der Waals surface area contributed by atoms with Gasteiger partial charge in [0.1, 0.15) is 18.2 Å². The predicted molar refractivity (Wildman–Crippen MR) is 84.5 cm³/mol. The van der Waals surface area contributed by atoms with E-state index in [1.807, 2.05) is 30.3 Å². The fraction of sp³-hybridized carbons (Fsp3) is 0.294. The number of unbranched alkanes of at least 4 members (excludes halogenated alkanes) is 1. The van der Waals surface area contributed by atoms with Crippen LogP contribution in [0, 0.1) is 0 Å². The molecule has 0 aliphatic carbocycles. The van der Waals surface area contributed by atoms with Gasteiger partial charge >= 0.3 is 0 Å². The molecule has 0 saturated carbocycles. The Labute approximate surface area is 135 Å². The van der Waals surface area contributed by atoms with Crippen LogP contribution in [0.2, 0.25) is 0 Å². The van der Waals surface area contributed by atoms with Crippen molar-refractivity contribution < 1.29 is 14.3 Å². The average Bonchev–Trinajstić information content (AvgIpc) is 3.05. The van der Waals surface area contributed by atoms with E-state index in [-0.39, 0.29) is 6.10 Å². The van der Waals surface area contributed by atoms with Gasteiger partial charge in [-0.15, -0.1) is 0 Å². The molecule has 2 aromatic rings. The van der Waals surface area contributed by atoms with E-state index in [4.69, 9.17) is 14.3 Å². The van der Waals surface area contributed by atoms with Crippen LogP contribution in [0.15, 0.2) is 54.9 Å². The molecule has 0 unspecified atom stereocenters. The number of benzene rings is 1. The van der Waals surface area contributed by atoms with E-state index in [1.54, 1.807) is 12.4 Å². The van der Waals surface area contributed by atoms with Gasteiger partial charge in [-0.2, -0.15) is 0 Å². The molecule has 0 fully saturated rings. The zero-order valence-electron chi connectivity index (χ0n) is 12.9. The third-order valence-corrected chi connectivity index (χ3v) is 3.33. The molecule has 0 amide bonds. The molecule has 1 atom stereocenters. The molecule has 1 N–H and O–H groups in total. The topological polar surface area (TPSA) is 65.5 Å². The third-order valence-electron chi connectivity index (χ3n) is 3.33. The fourth-order valence-electron chi connectivity index (χ4n) is 2.10. The van der Waals surface area contributed by atoms with Crippen LogP contribution < -0.4 is 15.0 Å². The Balaban J connectivity index is 1.59. The van der Waals surface area contributed by atoms with Gasteiger partial charge in [-0.25, -0.2) is 15.4 Å². The monoisotopic (exact) mass is 313 g/mol. The highest BCUT2D eigenvalue weighted by Crippen LogP contribution is 2.26. The van der Waals surface area contributed by atoms with E-state index in [0.29, 0.717) is 11.6 Å². The van der Waals surface area contributed by atoms with Crippen molar-refractivity contribution in [2.24, 2.45) is 0 Å². The van der Waals surface area contributed by atoms with E-state index in [1.165, 1.54) is 6.33 Å². The van der Waals surface area contributed by atoms with Crippen molar-refractivity contribution in [1.29, 1.82) is 0 Å². The molecule has 1 aromatic heterocycles. The summed E-state index contributed by atoms with van der Waals surface area (Å²) in [4.78, 5) is 13.3. The summed E-state index contributed by atoms with van der Waals surface area (Å²) in [5.74, 6) is 1.94. The summed E-state index contributed by atoms with van der Waals surface area (Å²) in [5.41, 5.74) is 3.78. The lowest BCUT2D eigenvalue weighted by Crippen LogP contribution is -2.12. The Morgan fingerprint density at radius 3 is 2.65 bits per heavy atom. The van der Waals surface area contributed by atoms with Crippen molar-refractivity contribution in [3.63, 3.8) is 0 Å². The summed E-state index contributed by atoms with van der Waals surface area (Å²) in [7, 11) is 0. The maximum Gasteiger partial charge on any atom is 0.216 e. The van der Waals surface area contributed by atoms with E-state index in [2.05, 4.69) is 22.4 Å². The zero-order chi connectivity index (χ0) is 15.9. The van der Waals surface area contributed by atoms with Crippen molar-refractivity contribution in [3.05, 3.63) is 60.5 Å². The van der Waals surface area contributed by atoms with E-state index < -0.39 is 0 Å². The van der Waals surface area contributed by atoms with Gasteiger partial charge < -0.3 is 9.47 Å². The van der Waals surface area contributed by atoms with Crippen LogP contribution in [0.1, 0.15) is 31.4 Å². The molecule has 6 heteroatoms. The molecule has 1 aromatic carbocycles. The smallest absolute Gasteiger partial charge is 0.216 e. The molecular weight excluding hydrogens is 294 g/mol. The number of nitrogens with one attached hydrogen (secondary N) is 1. The van der Waals surface area contributed by atoms with Crippen molar-refractivity contribution in [2.75, 3.05) is 6.61 Å². The third kappa shape index (κ3) is 4.20. The first kappa shape index (κ1) is 15.3. The summed E-state index contributed by atoms with van der Waals surface area (Å²) in [6.45, 7) is 2.89. The Kier molecular flexibility index (Phi) is 5.06. The van der Waals surface area contributed by atoms with Crippen LogP contribution in [-0.2, 0) is 4.84 Å². The minimum Gasteiger partial charge on any atom is -0.494 e. The molecule has 120 valence electrons. The first-order valence-electron chi connectivity index (χ1n) is 7.64. The van der Waals surface area contributed by atoms with Gasteiger partial charge in [0.05, 0.1) is 19.0 Å². The number of hydrogen-bond acceptors (Lipinski definition) is 6. The number of aromatic nitrogens is 2. The summed E-state index contributed by atoms with van der Waals surface area (Å²) in [6.07, 6.45) is 8.46. The second kappa shape index (κ2) is 7.60. The van der Waals surface area contributed by atoms with Gasteiger partial charge in [-0.05, 0) is 24.1 Å². The number of nitrogens with zero attached hydrogens (tertiary/aromatic N) is 2. The number of rotatable bonds is 7. The Morgan fingerprint density at radius 2 is 1.91 bits per heavy atom. The lowest BCUT2D eigenvalue weighted by molar-refractivity contribution is 0.0272. The molecule has 1 aliphatic heterocycles. The van der Waals surface area contributed by atoms with Gasteiger partial charge in [-0.3, -0.25) is 4.84 Å². The zero-order valence-corrected chi connectivity index (χ0v) is 12.9. The van der Waals surface area contributed by atoms with Crippen LogP contribution in [-0.4, -0.2) is 16.6 Å². The maximum absolute atomic E-state index is 5.65. The minimum absolute atomic E-state index is 0.209. The maximum atomic E-state index is 5.65. The Hall–Kier alpha value is -2.60. The molecule has 3 rings (SSSR count). The minimum atomic E-state index is -0.209. The van der Waals surface area contributed by atoms with Crippen molar-refractivity contribution in [3.8, 4) is 11.5 Å². The van der Waals surface area contributed by atoms with Crippen LogP contribution in [0.3, 0.4) is 0 Å². The first-order valence-corrected chi connectivity index (χ1v) is 7.64. The molecule has 0 saturated heterocycles. The van der Waals surface area contributed by atoms with Crippen LogP contribution in [0.5, 0.6) is 11.5 Å². The van der Waals surface area contributed by atoms with Crippen LogP contribution in [0.25, 0.3) is 0 Å². The van der Waals surface area contributed by atoms with Crippen molar-refractivity contribution >= 4 is 0 Å². The first-order chi connectivity index (χ1) is 11.3. The highest BCUT2D eigenvalue weighted by molar-refractivity contribution is 5.31. The second-order valence-corrected chi connectivity index (χ2v) is 5.12. The van der Waals surface area contributed by atoms with E-state index in [9.17, 15) is 0 Å². The normalized spacial score (nSPS) is 16.6. The predicted octanol–water partition coefficient (Wildman–Crippen LogP) is 3.15. The number of hydrogen-bond donors (Lipinski definition) is 1. The fourth-order valence-corrected chi connectivity index (χ4v) is 2.10. The highest BCUT2D eigenvalue weighted by atomic mass is 16.7. The van der Waals surface area contributed by atoms with Gasteiger partial charge in [0.25, 0.3) is 0 Å². The van der Waals surface area contributed by atoms with Crippen LogP contribution in [0.4, 0.5) is 0 Å². The molecule has 23 heavy (non-hydrogen) atoms. The molecule has 1 aliphatic rings. The molecule has 2 heterocycles. The quantitative estimate of drug-likeness (QED) is 0.792. The second-order valence-electron chi connectivity index (χ2n) is 5.12. The van der Waals surface area contributed by atoms with E-state index in [0.717, 1.165) is 30.8 Å². The number of hydroxylamine groups is 1. The standard InChI is InChI=1S/C17H19N3O3/c1-2-3-8-21-14-6-4-13(5-7-14)16-9-17(20-23-16)22-15-10-18-12-19-11-15/h4-7,9-12,16,20H,2-3,8H2,1H3/t16-/m0/s1. The lowest BCUT2D eigenvalue weighted by Gasteiger charge is -2.09. The van der Waals surface area contributed by atoms with Gasteiger partial charge in [0.2, 0.25) is 5.88 Å². The number of ether oxygens (including phenoxy) is 2. The van der Waals surface area contributed by atoms with Gasteiger partial charge in [-0.1, -0.05) is 25.5 Å². The summed E-state index contributed by atoms with van der Waals surface area (Å²) in [6, 6.07) is 7.87. The SMILES string of the molecule is CCCCOc1ccc([C@@H]2C=C(Oc3cncnc3)NO2)cc1. The highest BCUT2D eigenvalue weighted by Gasteiger charge is 2.20. The van der Waals surface area contributed by atoms with Gasteiger partial charge in [0.15, 0.2) is 5.75 Å². The van der Waals surface area contributed by atoms with E-state index >= 15 is 0 Å². The summed E-state index contributed by atoms with van der Waals surface area (Å²) < 4.78 is 11.2. The molecule has 6 nitrogen and oxygen atoms in total. The molecule has 0 bridgehead atoms. The molecular formula is C17H19N3O3. The summed E-state index contributed by atoms with van der Waals surface area (Å²) >= 11 is 0. The average molecular weight is 313 g/mol. The van der Waals surface area contributed by atoms with Gasteiger partial charge in [0, 0.05) is 6.08 Å². The molecule has 0 radical (unpaired) electrons. The van der Waals surface area contributed by atoms with Crippen molar-refractivity contribution in [1.82, 2.24) is 15.4 Å². The Morgan fingerprint density at radius 1 is 1.13 bits per heavy atom.